The highest BCUT2D eigenvalue weighted by atomic mass is 35.5. The van der Waals surface area contributed by atoms with Crippen LogP contribution in [0.5, 0.6) is 0 Å². The third kappa shape index (κ3) is 4.71. The van der Waals surface area contributed by atoms with Crippen LogP contribution in [0.15, 0.2) is 42.6 Å². The fourth-order valence-electron chi connectivity index (χ4n) is 2.99. The Labute approximate surface area is 167 Å². The Morgan fingerprint density at radius 1 is 1.26 bits per heavy atom. The smallest absolute Gasteiger partial charge is 0.272 e. The van der Waals surface area contributed by atoms with E-state index >= 15 is 0 Å². The molecule has 0 spiro atoms. The van der Waals surface area contributed by atoms with E-state index in [2.05, 4.69) is 25.9 Å². The standard InChI is InChI=1S/C18H20N6OS.ClH/c25-17(15-8-10-24(23-15)14-7-4-9-19-11-14)20-12-16-21-22-18(26-16)13-5-2-1-3-6-13;/h1-3,5-6,8,10,14,19H,4,7,9,11-12H2,(H,20,25);1H. The number of nitrogens with one attached hydrogen (secondary N) is 2. The molecular formula is C18H21ClN6OS. The molecule has 0 radical (unpaired) electrons. The van der Waals surface area contributed by atoms with Crippen LogP contribution in [0.25, 0.3) is 10.6 Å². The summed E-state index contributed by atoms with van der Waals surface area (Å²) in [4.78, 5) is 12.3. The van der Waals surface area contributed by atoms with E-state index in [1.165, 1.54) is 11.3 Å². The molecule has 0 bridgehead atoms. The molecule has 1 aliphatic rings. The third-order valence-corrected chi connectivity index (χ3v) is 5.35. The molecule has 1 aromatic carbocycles. The Morgan fingerprint density at radius 2 is 2.11 bits per heavy atom. The number of nitrogens with zero attached hydrogens (tertiary/aromatic N) is 4. The van der Waals surface area contributed by atoms with E-state index in [0.717, 1.165) is 41.5 Å². The second kappa shape index (κ2) is 9.07. The van der Waals surface area contributed by atoms with Gasteiger partial charge in [-0.2, -0.15) is 5.10 Å². The zero-order valence-electron chi connectivity index (χ0n) is 14.7. The molecule has 3 heterocycles. The van der Waals surface area contributed by atoms with E-state index < -0.39 is 0 Å². The van der Waals surface area contributed by atoms with Crippen LogP contribution in [0.4, 0.5) is 0 Å². The van der Waals surface area contributed by atoms with E-state index in [-0.39, 0.29) is 18.3 Å². The molecule has 4 rings (SSSR count). The minimum absolute atomic E-state index is 0. The van der Waals surface area contributed by atoms with Gasteiger partial charge in [-0.25, -0.2) is 0 Å². The molecule has 0 aliphatic carbocycles. The predicted molar refractivity (Wildman–Crippen MR) is 107 cm³/mol. The van der Waals surface area contributed by atoms with Crippen LogP contribution in [0.2, 0.25) is 0 Å². The molecule has 1 saturated heterocycles. The number of benzene rings is 1. The highest BCUT2D eigenvalue weighted by molar-refractivity contribution is 7.14. The summed E-state index contributed by atoms with van der Waals surface area (Å²) in [7, 11) is 0. The number of piperidine rings is 1. The maximum absolute atomic E-state index is 12.3. The summed E-state index contributed by atoms with van der Waals surface area (Å²) in [6.07, 6.45) is 4.10. The number of aromatic nitrogens is 4. The van der Waals surface area contributed by atoms with Crippen molar-refractivity contribution in [1.29, 1.82) is 0 Å². The van der Waals surface area contributed by atoms with Gasteiger partial charge in [-0.15, -0.1) is 22.6 Å². The average molecular weight is 405 g/mol. The van der Waals surface area contributed by atoms with Gasteiger partial charge in [-0.05, 0) is 25.5 Å². The lowest BCUT2D eigenvalue weighted by Gasteiger charge is -2.22. The molecule has 1 atom stereocenters. The molecule has 0 saturated carbocycles. The Hall–Kier alpha value is -2.29. The lowest BCUT2D eigenvalue weighted by atomic mass is 10.1. The molecule has 1 aliphatic heterocycles. The maximum atomic E-state index is 12.3. The fourth-order valence-corrected chi connectivity index (χ4v) is 3.78. The first-order chi connectivity index (χ1) is 12.8. The Kier molecular flexibility index (Phi) is 6.54. The van der Waals surface area contributed by atoms with Crippen LogP contribution in [-0.2, 0) is 6.54 Å². The van der Waals surface area contributed by atoms with Crippen LogP contribution >= 0.6 is 23.7 Å². The van der Waals surface area contributed by atoms with Crippen LogP contribution < -0.4 is 10.6 Å². The second-order valence-electron chi connectivity index (χ2n) is 6.23. The van der Waals surface area contributed by atoms with Gasteiger partial charge in [0.25, 0.3) is 5.91 Å². The van der Waals surface area contributed by atoms with Crippen LogP contribution in [0.3, 0.4) is 0 Å². The van der Waals surface area contributed by atoms with Crippen molar-refractivity contribution in [3.63, 3.8) is 0 Å². The minimum Gasteiger partial charge on any atom is -0.344 e. The largest absolute Gasteiger partial charge is 0.344 e. The summed E-state index contributed by atoms with van der Waals surface area (Å²) in [5.74, 6) is -0.191. The fraction of sp³-hybridized carbons (Fsp3) is 0.333. The van der Waals surface area contributed by atoms with E-state index in [0.29, 0.717) is 18.3 Å². The molecule has 27 heavy (non-hydrogen) atoms. The molecule has 2 N–H and O–H groups in total. The summed E-state index contributed by atoms with van der Waals surface area (Å²) in [5.41, 5.74) is 1.46. The van der Waals surface area contributed by atoms with Crippen molar-refractivity contribution in [3.8, 4) is 10.6 Å². The highest BCUT2D eigenvalue weighted by Crippen LogP contribution is 2.23. The van der Waals surface area contributed by atoms with Crippen LogP contribution in [0, 0.1) is 0 Å². The summed E-state index contributed by atoms with van der Waals surface area (Å²) >= 11 is 1.48. The first-order valence-corrected chi connectivity index (χ1v) is 9.53. The first-order valence-electron chi connectivity index (χ1n) is 8.71. The van der Waals surface area contributed by atoms with Crippen molar-refractivity contribution in [3.05, 3.63) is 53.3 Å². The Morgan fingerprint density at radius 3 is 2.89 bits per heavy atom. The second-order valence-corrected chi connectivity index (χ2v) is 7.29. The van der Waals surface area contributed by atoms with Crippen LogP contribution in [-0.4, -0.2) is 39.0 Å². The zero-order valence-corrected chi connectivity index (χ0v) is 16.3. The number of hydrogen-bond donors (Lipinski definition) is 2. The molecule has 142 valence electrons. The van der Waals surface area contributed by atoms with Crippen molar-refractivity contribution in [2.45, 2.75) is 25.4 Å². The molecule has 7 nitrogen and oxygen atoms in total. The maximum Gasteiger partial charge on any atom is 0.272 e. The third-order valence-electron chi connectivity index (χ3n) is 4.37. The van der Waals surface area contributed by atoms with E-state index in [4.69, 9.17) is 0 Å². The summed E-state index contributed by atoms with van der Waals surface area (Å²) in [6.45, 7) is 2.30. The van der Waals surface area contributed by atoms with E-state index in [1.807, 2.05) is 41.2 Å². The SMILES string of the molecule is Cl.O=C(NCc1nnc(-c2ccccc2)s1)c1ccn(C2CCCNC2)n1. The van der Waals surface area contributed by atoms with Gasteiger partial charge in [-0.1, -0.05) is 41.7 Å². The normalized spacial score (nSPS) is 16.5. The number of amides is 1. The van der Waals surface area contributed by atoms with Crippen LogP contribution in [0.1, 0.15) is 34.4 Å². The molecule has 3 aromatic rings. The van der Waals surface area contributed by atoms with Crippen molar-refractivity contribution in [1.82, 2.24) is 30.6 Å². The van der Waals surface area contributed by atoms with Crippen molar-refractivity contribution in [2.24, 2.45) is 0 Å². The lowest BCUT2D eigenvalue weighted by Crippen LogP contribution is -2.32. The summed E-state index contributed by atoms with van der Waals surface area (Å²) < 4.78 is 1.89. The van der Waals surface area contributed by atoms with Gasteiger partial charge < -0.3 is 10.6 Å². The van der Waals surface area contributed by atoms with Crippen molar-refractivity contribution < 1.29 is 4.79 Å². The molecule has 2 aromatic heterocycles. The number of halogens is 1. The van der Waals surface area contributed by atoms with Crippen molar-refractivity contribution in [2.75, 3.05) is 13.1 Å². The predicted octanol–water partition coefficient (Wildman–Crippen LogP) is 2.68. The van der Waals surface area contributed by atoms with Gasteiger partial charge in [0, 0.05) is 18.3 Å². The summed E-state index contributed by atoms with van der Waals surface area (Å²) in [5, 5.41) is 20.6. The molecule has 1 fully saturated rings. The zero-order chi connectivity index (χ0) is 17.8. The molecular weight excluding hydrogens is 384 g/mol. The van der Waals surface area contributed by atoms with Gasteiger partial charge >= 0.3 is 0 Å². The van der Waals surface area contributed by atoms with Crippen molar-refractivity contribution >= 4 is 29.7 Å². The molecule has 1 amide bonds. The van der Waals surface area contributed by atoms with Gasteiger partial charge in [0.2, 0.25) is 0 Å². The average Bonchev–Trinajstić information content (AvgIpc) is 3.37. The van der Waals surface area contributed by atoms with E-state index in [9.17, 15) is 4.79 Å². The van der Waals surface area contributed by atoms with Gasteiger partial charge in [0.15, 0.2) is 0 Å². The topological polar surface area (TPSA) is 84.7 Å². The number of rotatable bonds is 5. The Bertz CT molecular complexity index is 875. The van der Waals surface area contributed by atoms with Gasteiger partial charge in [0.05, 0.1) is 12.6 Å². The quantitative estimate of drug-likeness (QED) is 0.682. The molecule has 9 heteroatoms. The monoisotopic (exact) mass is 404 g/mol. The van der Waals surface area contributed by atoms with E-state index in [1.54, 1.807) is 6.07 Å². The summed E-state index contributed by atoms with van der Waals surface area (Å²) in [6, 6.07) is 12.0. The first kappa shape index (κ1) is 19.5. The highest BCUT2D eigenvalue weighted by Gasteiger charge is 2.18. The minimum atomic E-state index is -0.191. The number of carbonyl (C=O) groups is 1. The Balaban J connectivity index is 0.00000210. The molecule has 1 unspecified atom stereocenters. The lowest BCUT2D eigenvalue weighted by molar-refractivity contribution is 0.0944. The van der Waals surface area contributed by atoms with Gasteiger partial charge in [-0.3, -0.25) is 9.48 Å². The van der Waals surface area contributed by atoms with Gasteiger partial charge in [0.1, 0.15) is 15.7 Å². The number of hydrogen-bond acceptors (Lipinski definition) is 6. The number of carbonyl (C=O) groups excluding carboxylic acids is 1.